The molecular formula is C23H24N4O4S. The molecule has 9 heteroatoms. The molecule has 1 aromatic heterocycles. The van der Waals surface area contributed by atoms with Crippen LogP contribution in [0.5, 0.6) is 11.5 Å². The summed E-state index contributed by atoms with van der Waals surface area (Å²) in [5, 5.41) is 12.3. The largest absolute Gasteiger partial charge is 0.496 e. The molecule has 0 aliphatic carbocycles. The van der Waals surface area contributed by atoms with E-state index in [0.717, 1.165) is 27.8 Å². The van der Waals surface area contributed by atoms with Crippen LogP contribution in [0.1, 0.15) is 23.9 Å². The zero-order valence-corrected chi connectivity index (χ0v) is 18.7. The number of rotatable bonds is 8. The molecule has 166 valence electrons. The predicted molar refractivity (Wildman–Crippen MR) is 122 cm³/mol. The fourth-order valence-corrected chi connectivity index (χ4v) is 4.38. The van der Waals surface area contributed by atoms with Crippen molar-refractivity contribution in [2.24, 2.45) is 5.92 Å². The molecule has 1 aliphatic rings. The molecule has 0 bridgehead atoms. The summed E-state index contributed by atoms with van der Waals surface area (Å²) in [5.41, 5.74) is 1.75. The van der Waals surface area contributed by atoms with Crippen molar-refractivity contribution in [1.29, 1.82) is 0 Å². The average Bonchev–Trinajstić information content (AvgIpc) is 3.41. The van der Waals surface area contributed by atoms with Crippen LogP contribution in [0.15, 0.2) is 48.5 Å². The SMILES string of the molecule is CCOc1ccc(N2C[C@H](C(=O)Nc3nnc(Cc4ccccc4OC)s3)CC2=O)cc1. The molecule has 0 spiro atoms. The van der Waals surface area contributed by atoms with Crippen LogP contribution in [0.2, 0.25) is 0 Å². The van der Waals surface area contributed by atoms with Crippen molar-refractivity contribution in [3.05, 3.63) is 59.1 Å². The van der Waals surface area contributed by atoms with E-state index in [9.17, 15) is 9.59 Å². The lowest BCUT2D eigenvalue weighted by Crippen LogP contribution is -2.28. The van der Waals surface area contributed by atoms with Gasteiger partial charge in [-0.25, -0.2) is 0 Å². The summed E-state index contributed by atoms with van der Waals surface area (Å²) >= 11 is 1.32. The smallest absolute Gasteiger partial charge is 0.231 e. The Bertz CT molecular complexity index is 1100. The second-order valence-corrected chi connectivity index (χ2v) is 8.37. The third-order valence-corrected chi connectivity index (χ3v) is 6.03. The molecule has 32 heavy (non-hydrogen) atoms. The number of para-hydroxylation sites is 1. The normalized spacial score (nSPS) is 15.6. The van der Waals surface area contributed by atoms with Crippen molar-refractivity contribution < 1.29 is 19.1 Å². The van der Waals surface area contributed by atoms with E-state index in [1.807, 2.05) is 55.5 Å². The summed E-state index contributed by atoms with van der Waals surface area (Å²) in [4.78, 5) is 26.9. The topological polar surface area (TPSA) is 93.7 Å². The van der Waals surface area contributed by atoms with E-state index in [4.69, 9.17) is 9.47 Å². The standard InChI is InChI=1S/C23H24N4O4S/c1-3-31-18-10-8-17(9-11-18)27-14-16(13-21(27)28)22(29)24-23-26-25-20(32-23)12-15-6-4-5-7-19(15)30-2/h4-11,16H,3,12-14H2,1-2H3,(H,24,26,29)/t16-/m1/s1. The van der Waals surface area contributed by atoms with Crippen molar-refractivity contribution in [3.63, 3.8) is 0 Å². The van der Waals surface area contributed by atoms with Gasteiger partial charge in [0.1, 0.15) is 16.5 Å². The van der Waals surface area contributed by atoms with Gasteiger partial charge in [0.2, 0.25) is 16.9 Å². The van der Waals surface area contributed by atoms with Crippen LogP contribution in [0, 0.1) is 5.92 Å². The van der Waals surface area contributed by atoms with Crippen molar-refractivity contribution in [2.45, 2.75) is 19.8 Å². The maximum absolute atomic E-state index is 12.8. The second kappa shape index (κ2) is 9.78. The molecule has 1 N–H and O–H groups in total. The summed E-state index contributed by atoms with van der Waals surface area (Å²) < 4.78 is 10.8. The number of ether oxygens (including phenoxy) is 2. The van der Waals surface area contributed by atoms with Gasteiger partial charge in [-0.1, -0.05) is 29.5 Å². The first-order valence-electron chi connectivity index (χ1n) is 10.4. The lowest BCUT2D eigenvalue weighted by molar-refractivity contribution is -0.122. The number of nitrogens with one attached hydrogen (secondary N) is 1. The number of anilines is 2. The quantitative estimate of drug-likeness (QED) is 0.562. The second-order valence-electron chi connectivity index (χ2n) is 7.31. The Morgan fingerprint density at radius 3 is 2.72 bits per heavy atom. The Balaban J connectivity index is 1.37. The molecule has 8 nitrogen and oxygen atoms in total. The Morgan fingerprint density at radius 2 is 1.97 bits per heavy atom. The van der Waals surface area contributed by atoms with E-state index >= 15 is 0 Å². The van der Waals surface area contributed by atoms with Crippen LogP contribution in [0.25, 0.3) is 0 Å². The first-order valence-corrected chi connectivity index (χ1v) is 11.2. The molecule has 3 aromatic rings. The van der Waals surface area contributed by atoms with Crippen LogP contribution >= 0.6 is 11.3 Å². The molecule has 2 amide bonds. The highest BCUT2D eigenvalue weighted by molar-refractivity contribution is 7.15. The van der Waals surface area contributed by atoms with Crippen LogP contribution < -0.4 is 19.7 Å². The highest BCUT2D eigenvalue weighted by Gasteiger charge is 2.35. The number of hydrogen-bond acceptors (Lipinski definition) is 7. The van der Waals surface area contributed by atoms with Crippen molar-refractivity contribution in [2.75, 3.05) is 30.5 Å². The van der Waals surface area contributed by atoms with E-state index in [2.05, 4.69) is 15.5 Å². The van der Waals surface area contributed by atoms with E-state index in [1.165, 1.54) is 11.3 Å². The van der Waals surface area contributed by atoms with Gasteiger partial charge < -0.3 is 19.7 Å². The highest BCUT2D eigenvalue weighted by atomic mass is 32.1. The molecular weight excluding hydrogens is 428 g/mol. The van der Waals surface area contributed by atoms with Crippen LogP contribution in [-0.4, -0.2) is 42.3 Å². The third kappa shape index (κ3) is 4.88. The number of hydrogen-bond donors (Lipinski definition) is 1. The number of carbonyl (C=O) groups is 2. The Labute approximate surface area is 190 Å². The monoisotopic (exact) mass is 452 g/mol. The van der Waals surface area contributed by atoms with E-state index in [-0.39, 0.29) is 18.2 Å². The van der Waals surface area contributed by atoms with Gasteiger partial charge in [-0.15, -0.1) is 10.2 Å². The first kappa shape index (κ1) is 21.8. The Hall–Kier alpha value is -3.46. The molecule has 1 aliphatic heterocycles. The zero-order chi connectivity index (χ0) is 22.5. The Morgan fingerprint density at radius 1 is 1.19 bits per heavy atom. The minimum Gasteiger partial charge on any atom is -0.496 e. The summed E-state index contributed by atoms with van der Waals surface area (Å²) in [6.45, 7) is 2.82. The fourth-order valence-electron chi connectivity index (χ4n) is 3.62. The maximum Gasteiger partial charge on any atom is 0.231 e. The summed E-state index contributed by atoms with van der Waals surface area (Å²) in [5.74, 6) is 0.773. The number of carbonyl (C=O) groups excluding carboxylic acids is 2. The maximum atomic E-state index is 12.8. The summed E-state index contributed by atoms with van der Waals surface area (Å²) in [6.07, 6.45) is 0.719. The Kier molecular flexibility index (Phi) is 6.65. The molecule has 2 heterocycles. The van der Waals surface area contributed by atoms with Crippen LogP contribution in [0.3, 0.4) is 0 Å². The van der Waals surface area contributed by atoms with Gasteiger partial charge in [0.15, 0.2) is 0 Å². The summed E-state index contributed by atoms with van der Waals surface area (Å²) in [7, 11) is 1.63. The number of amides is 2. The van der Waals surface area contributed by atoms with Crippen molar-refractivity contribution >= 4 is 34.0 Å². The average molecular weight is 453 g/mol. The van der Waals surface area contributed by atoms with E-state index in [0.29, 0.717) is 24.7 Å². The minimum atomic E-state index is -0.448. The molecule has 0 unspecified atom stereocenters. The molecule has 4 rings (SSSR count). The highest BCUT2D eigenvalue weighted by Crippen LogP contribution is 2.29. The van der Waals surface area contributed by atoms with E-state index in [1.54, 1.807) is 12.0 Å². The van der Waals surface area contributed by atoms with Crippen molar-refractivity contribution in [3.8, 4) is 11.5 Å². The number of aromatic nitrogens is 2. The molecule has 0 saturated carbocycles. The number of benzene rings is 2. The summed E-state index contributed by atoms with van der Waals surface area (Å²) in [6, 6.07) is 15.0. The van der Waals surface area contributed by atoms with Gasteiger partial charge >= 0.3 is 0 Å². The van der Waals surface area contributed by atoms with E-state index < -0.39 is 5.92 Å². The third-order valence-electron chi connectivity index (χ3n) is 5.19. The molecule has 0 radical (unpaired) electrons. The molecule has 1 atom stereocenters. The van der Waals surface area contributed by atoms with Gasteiger partial charge in [0, 0.05) is 30.6 Å². The first-order chi connectivity index (χ1) is 15.6. The van der Waals surface area contributed by atoms with Gasteiger partial charge in [-0.3, -0.25) is 9.59 Å². The molecule has 1 fully saturated rings. The predicted octanol–water partition coefficient (Wildman–Crippen LogP) is 3.53. The van der Waals surface area contributed by atoms with Gasteiger partial charge in [0.25, 0.3) is 0 Å². The van der Waals surface area contributed by atoms with Crippen LogP contribution in [-0.2, 0) is 16.0 Å². The minimum absolute atomic E-state index is 0.0802. The molecule has 2 aromatic carbocycles. The zero-order valence-electron chi connectivity index (χ0n) is 17.9. The van der Waals surface area contributed by atoms with Gasteiger partial charge in [-0.05, 0) is 37.3 Å². The van der Waals surface area contributed by atoms with Crippen molar-refractivity contribution in [1.82, 2.24) is 10.2 Å². The molecule has 1 saturated heterocycles. The van der Waals surface area contributed by atoms with Gasteiger partial charge in [0.05, 0.1) is 19.6 Å². The lowest BCUT2D eigenvalue weighted by atomic mass is 10.1. The van der Waals surface area contributed by atoms with Gasteiger partial charge in [-0.2, -0.15) is 0 Å². The van der Waals surface area contributed by atoms with Crippen LogP contribution in [0.4, 0.5) is 10.8 Å². The number of nitrogens with zero attached hydrogens (tertiary/aromatic N) is 3. The number of methoxy groups -OCH3 is 1. The lowest BCUT2D eigenvalue weighted by Gasteiger charge is -2.17. The fraction of sp³-hybridized carbons (Fsp3) is 0.304.